The number of anilines is 1. The second-order valence-corrected chi connectivity index (χ2v) is 32.7. The van der Waals surface area contributed by atoms with Crippen LogP contribution in [-0.4, -0.2) is 151 Å². The Balaban J connectivity index is 0.680. The molecule has 88 heavy (non-hydrogen) atoms. The number of piperidine rings is 5. The van der Waals surface area contributed by atoms with Crippen LogP contribution in [-0.2, 0) is 26.2 Å². The molecule has 1 saturated carbocycles. The second-order valence-electron chi connectivity index (χ2n) is 27.1. The Hall–Kier alpha value is -6.59. The first-order chi connectivity index (χ1) is 42.5. The van der Waals surface area contributed by atoms with Gasteiger partial charge in [-0.2, -0.15) is 15.1 Å². The third kappa shape index (κ3) is 12.3. The number of nitrogens with one attached hydrogen (secondary N) is 1. The van der Waals surface area contributed by atoms with E-state index in [2.05, 4.69) is 96.1 Å². The van der Waals surface area contributed by atoms with E-state index in [4.69, 9.17) is 34.3 Å². The lowest BCUT2D eigenvalue weighted by atomic mass is 9.86. The van der Waals surface area contributed by atoms with Crippen molar-refractivity contribution in [1.29, 1.82) is 0 Å². The van der Waals surface area contributed by atoms with Gasteiger partial charge in [0.15, 0.2) is 12.6 Å². The molecule has 6 aromatic rings. The van der Waals surface area contributed by atoms with Crippen molar-refractivity contribution in [2.75, 3.05) is 84.3 Å². The number of rotatable bonds is 17. The monoisotopic (exact) mass is 1220 g/mol. The summed E-state index contributed by atoms with van der Waals surface area (Å²) in [6.45, 7) is 21.4. The molecule has 3 atom stereocenters. The van der Waals surface area contributed by atoms with Crippen molar-refractivity contribution >= 4 is 64.2 Å². The molecule has 12 rings (SSSR count). The van der Waals surface area contributed by atoms with E-state index in [0.29, 0.717) is 105 Å². The van der Waals surface area contributed by atoms with E-state index in [1.165, 1.54) is 25.2 Å². The highest BCUT2D eigenvalue weighted by Gasteiger charge is 2.43. The first kappa shape index (κ1) is 61.6. The van der Waals surface area contributed by atoms with E-state index in [0.717, 1.165) is 127 Å². The fraction of sp³-hybridized carbons (Fsp3) is 0.580. The molecule has 3 unspecified atom stereocenters. The molecule has 6 fully saturated rings. The van der Waals surface area contributed by atoms with Crippen LogP contribution < -0.4 is 19.7 Å². The highest BCUT2D eigenvalue weighted by atomic mass is 28.3. The molecule has 3 aromatic carbocycles. The zero-order chi connectivity index (χ0) is 61.5. The van der Waals surface area contributed by atoms with E-state index in [1.54, 1.807) is 18.3 Å². The van der Waals surface area contributed by atoms with Crippen LogP contribution >= 0.6 is 0 Å². The predicted molar refractivity (Wildman–Crippen MR) is 342 cm³/mol. The Morgan fingerprint density at radius 2 is 1.55 bits per heavy atom. The fourth-order valence-electron chi connectivity index (χ4n) is 16.4. The molecule has 0 spiro atoms. The van der Waals surface area contributed by atoms with Gasteiger partial charge in [-0.3, -0.25) is 29.4 Å². The molecule has 8 heterocycles. The van der Waals surface area contributed by atoms with Crippen molar-refractivity contribution < 1.29 is 37.4 Å². The zero-order valence-electron chi connectivity index (χ0n) is 52.8. The first-order valence-electron chi connectivity index (χ1n) is 32.7. The molecule has 3 amide bonds. The van der Waals surface area contributed by atoms with Gasteiger partial charge in [-0.15, -0.1) is 5.54 Å². The lowest BCUT2D eigenvalue weighted by molar-refractivity contribution is -0.139. The number of hydrogen-bond donors (Lipinski definition) is 1. The van der Waals surface area contributed by atoms with Crippen LogP contribution in [0.15, 0.2) is 48.7 Å². The second kappa shape index (κ2) is 26.1. The number of halogens is 2. The SMILES string of the molecule is COCOc1cc(-c2ncc3c(N4CC5CCC(C5)C4)nc(OCCCN4CCC(C(=O)N5CCC(N6CCC(c7ccc8c(C9CCC(=O)NC9=O)nn(C)c8c7)CC6)CC5)CC4)nc3c2F)c2c(C#C[Si](C(C)C)(C(C)C)C(C)C)c(F)ccc2c1. The number of aromatic nitrogens is 5. The number of aryl methyl sites for hydroxylation is 1. The van der Waals surface area contributed by atoms with E-state index >= 15 is 8.78 Å². The maximum Gasteiger partial charge on any atom is 0.319 e. The van der Waals surface area contributed by atoms with Gasteiger partial charge < -0.3 is 33.8 Å². The third-order valence-corrected chi connectivity index (χ3v) is 27.3. The molecule has 1 N–H and O–H groups in total. The van der Waals surface area contributed by atoms with Crippen molar-refractivity contribution in [2.45, 2.75) is 153 Å². The van der Waals surface area contributed by atoms with Gasteiger partial charge in [0.2, 0.25) is 17.7 Å². The average molecular weight is 1220 g/mol. The minimum atomic E-state index is -2.31. The minimum absolute atomic E-state index is 0.00521. The van der Waals surface area contributed by atoms with Gasteiger partial charge in [0.05, 0.1) is 34.7 Å². The number of benzene rings is 3. The molecule has 0 radical (unpaired) electrons. The van der Waals surface area contributed by atoms with Crippen LogP contribution in [0, 0.1) is 40.9 Å². The van der Waals surface area contributed by atoms with E-state index in [-0.39, 0.29) is 47.3 Å². The van der Waals surface area contributed by atoms with E-state index < -0.39 is 25.6 Å². The molecule has 16 nitrogen and oxygen atoms in total. The number of pyridine rings is 1. The Bertz CT molecular complexity index is 3620. The molecule has 2 bridgehead atoms. The summed E-state index contributed by atoms with van der Waals surface area (Å²) in [5, 5.41) is 9.82. The van der Waals surface area contributed by atoms with Gasteiger partial charge in [-0.25, -0.2) is 8.78 Å². The molecule has 6 aliphatic rings. The Kier molecular flexibility index (Phi) is 18.3. The number of imide groups is 1. The van der Waals surface area contributed by atoms with Gasteiger partial charge in [0.1, 0.15) is 36.7 Å². The van der Waals surface area contributed by atoms with Crippen molar-refractivity contribution in [1.82, 2.24) is 44.7 Å². The van der Waals surface area contributed by atoms with Crippen molar-refractivity contribution in [3.63, 3.8) is 0 Å². The predicted octanol–water partition coefficient (Wildman–Crippen LogP) is 11.7. The van der Waals surface area contributed by atoms with E-state index in [1.807, 2.05) is 17.8 Å². The number of ether oxygens (including phenoxy) is 3. The van der Waals surface area contributed by atoms with Crippen molar-refractivity contribution in [3.05, 3.63) is 77.1 Å². The Morgan fingerprint density at radius 3 is 2.24 bits per heavy atom. The number of likely N-dealkylation sites (tertiary alicyclic amines) is 3. The lowest BCUT2D eigenvalue weighted by Gasteiger charge is -2.43. The zero-order valence-corrected chi connectivity index (χ0v) is 53.8. The number of methoxy groups -OCH3 is 1. The van der Waals surface area contributed by atoms with Crippen molar-refractivity contribution in [3.8, 4) is 34.5 Å². The molecular weight excluding hydrogens is 1130 g/mol. The van der Waals surface area contributed by atoms with Crippen LogP contribution in [0.5, 0.6) is 11.8 Å². The molecule has 5 saturated heterocycles. The van der Waals surface area contributed by atoms with Gasteiger partial charge in [-0.1, -0.05) is 65.7 Å². The maximum atomic E-state index is 17.9. The highest BCUT2D eigenvalue weighted by molar-refractivity contribution is 6.90. The fourth-order valence-corrected chi connectivity index (χ4v) is 21.6. The largest absolute Gasteiger partial charge is 0.468 e. The van der Waals surface area contributed by atoms with Gasteiger partial charge in [-0.05, 0) is 166 Å². The smallest absolute Gasteiger partial charge is 0.319 e. The summed E-state index contributed by atoms with van der Waals surface area (Å²) in [5.74, 6) is 4.22. The normalized spacial score (nSPS) is 21.4. The number of carbonyl (C=O) groups excluding carboxylic acids is 3. The standard InChI is InChI=1S/C69H88F2N10O6Si/c1-42(2)88(43(3)4,44(5)6)33-24-53-58(70)16-13-50-35-52(87-41-85-8)37-56(61(50)53)64-62(71)65-57(38-72-64)66(81-39-45-10-11-46(34-45)40-81)75-69(74-65)86-32-9-25-78-26-18-48(19-27-78)68(84)80-30-22-51(23-31-80)79-28-20-47(21-29-79)49-12-14-54-59(36-49)77(7)76-63(54)55-15-17-60(82)73-67(55)83/h12-14,16,35-38,42-48,51,55H,9-11,15,17-23,25-32,34,39-41H2,1-8H3,(H,73,82,83). The minimum Gasteiger partial charge on any atom is -0.468 e. The van der Waals surface area contributed by atoms with E-state index in [9.17, 15) is 14.4 Å². The Labute approximate surface area is 517 Å². The molecule has 3 aromatic heterocycles. The van der Waals surface area contributed by atoms with Gasteiger partial charge in [0, 0.05) is 87.8 Å². The summed E-state index contributed by atoms with van der Waals surface area (Å²) in [4.78, 5) is 62.7. The summed E-state index contributed by atoms with van der Waals surface area (Å²) >= 11 is 0. The Morgan fingerprint density at radius 1 is 0.818 bits per heavy atom. The van der Waals surface area contributed by atoms with Crippen LogP contribution in [0.25, 0.3) is 43.8 Å². The molecule has 468 valence electrons. The molecule has 5 aliphatic heterocycles. The molecular formula is C69H88F2N10O6Si. The number of hydrogen-bond acceptors (Lipinski definition) is 13. The number of carbonyl (C=O) groups is 3. The van der Waals surface area contributed by atoms with Gasteiger partial charge >= 0.3 is 6.01 Å². The number of nitrogens with zero attached hydrogens (tertiary/aromatic N) is 9. The third-order valence-electron chi connectivity index (χ3n) is 21.0. The average Bonchev–Trinajstić information content (AvgIpc) is 0.938. The summed E-state index contributed by atoms with van der Waals surface area (Å²) < 4.78 is 53.9. The maximum absolute atomic E-state index is 17.9. The summed E-state index contributed by atoms with van der Waals surface area (Å²) in [6, 6.07) is 13.8. The molecule has 1 aliphatic carbocycles. The molecule has 19 heteroatoms. The summed E-state index contributed by atoms with van der Waals surface area (Å²) in [7, 11) is 1.16. The van der Waals surface area contributed by atoms with Gasteiger partial charge in [0.25, 0.3) is 0 Å². The quantitative estimate of drug-likeness (QED) is 0.0302. The first-order valence-corrected chi connectivity index (χ1v) is 34.9. The van der Waals surface area contributed by atoms with Crippen LogP contribution in [0.3, 0.4) is 0 Å². The number of amides is 3. The highest BCUT2D eigenvalue weighted by Crippen LogP contribution is 2.45. The van der Waals surface area contributed by atoms with Crippen LogP contribution in [0.2, 0.25) is 16.6 Å². The topological polar surface area (TPSA) is 160 Å². The lowest BCUT2D eigenvalue weighted by Crippen LogP contribution is -2.50. The number of fused-ring (bicyclic) bond motifs is 5. The summed E-state index contributed by atoms with van der Waals surface area (Å²) in [5.41, 5.74) is 8.41. The van der Waals surface area contributed by atoms with Crippen molar-refractivity contribution in [2.24, 2.45) is 24.8 Å². The summed E-state index contributed by atoms with van der Waals surface area (Å²) in [6.07, 6.45) is 12.5. The van der Waals surface area contributed by atoms with Crippen LogP contribution in [0.4, 0.5) is 14.6 Å². The van der Waals surface area contributed by atoms with Crippen LogP contribution in [0.1, 0.15) is 147 Å².